The molecule has 1 N–H and O–H groups in total. The lowest BCUT2D eigenvalue weighted by Crippen LogP contribution is -2.21. The Kier molecular flexibility index (Phi) is 4.15. The van der Waals surface area contributed by atoms with Gasteiger partial charge in [-0.3, -0.25) is 0 Å². The first-order chi connectivity index (χ1) is 8.56. The number of hydrogen-bond donors (Lipinski definition) is 1. The monoisotopic (exact) mass is 263 g/mol. The highest BCUT2D eigenvalue weighted by molar-refractivity contribution is 7.15. The summed E-state index contributed by atoms with van der Waals surface area (Å²) in [4.78, 5) is 2.50. The van der Waals surface area contributed by atoms with Crippen molar-refractivity contribution >= 4 is 11.3 Å². The third kappa shape index (κ3) is 3.18. The first-order valence-corrected chi connectivity index (χ1v) is 6.96. The zero-order valence-corrected chi connectivity index (χ0v) is 11.8. The Morgan fingerprint density at radius 3 is 2.67 bits per heavy atom. The van der Waals surface area contributed by atoms with Crippen LogP contribution in [0.15, 0.2) is 30.3 Å². The fraction of sp³-hybridized carbons (Fsp3) is 0.333. The van der Waals surface area contributed by atoms with Gasteiger partial charge in [-0.2, -0.15) is 0 Å². The van der Waals surface area contributed by atoms with Gasteiger partial charge in [0.1, 0.15) is 5.82 Å². The van der Waals surface area contributed by atoms with Crippen LogP contribution in [0.2, 0.25) is 0 Å². The Morgan fingerprint density at radius 1 is 1.22 bits per heavy atom. The molecule has 2 rings (SSSR count). The molecule has 0 saturated heterocycles. The van der Waals surface area contributed by atoms with Crippen LogP contribution in [0.5, 0.6) is 0 Å². The molecule has 0 bridgehead atoms. The Hall–Kier alpha value is -1.19. The highest BCUT2D eigenvalue weighted by atomic mass is 32.1. The van der Waals surface area contributed by atoms with Gasteiger partial charge in [-0.1, -0.05) is 19.9 Å². The molecule has 0 spiro atoms. The van der Waals surface area contributed by atoms with E-state index in [1.165, 1.54) is 15.8 Å². The molecule has 0 fully saturated rings. The molecule has 0 aliphatic carbocycles. The molecule has 18 heavy (non-hydrogen) atoms. The van der Waals surface area contributed by atoms with Crippen molar-refractivity contribution in [1.29, 1.82) is 0 Å². The summed E-state index contributed by atoms with van der Waals surface area (Å²) < 4.78 is 13.2. The number of rotatable bonds is 4. The third-order valence-corrected chi connectivity index (χ3v) is 3.92. The van der Waals surface area contributed by atoms with Crippen molar-refractivity contribution in [3.63, 3.8) is 0 Å². The van der Waals surface area contributed by atoms with E-state index < -0.39 is 0 Å². The molecule has 2 aromatic rings. The Bertz CT molecular complexity index is 531. The van der Waals surface area contributed by atoms with Crippen molar-refractivity contribution in [3.05, 3.63) is 46.6 Å². The molecule has 0 unspecified atom stereocenters. The SMILES string of the molecule is Cc1cc(-c2ccc(CNC(C)C)s2)ccc1F. The van der Waals surface area contributed by atoms with E-state index >= 15 is 0 Å². The smallest absolute Gasteiger partial charge is 0.126 e. The summed E-state index contributed by atoms with van der Waals surface area (Å²) in [5.74, 6) is -0.142. The molecule has 0 aliphatic rings. The zero-order valence-electron chi connectivity index (χ0n) is 11.0. The first-order valence-electron chi connectivity index (χ1n) is 6.15. The van der Waals surface area contributed by atoms with Crippen molar-refractivity contribution in [2.24, 2.45) is 0 Å². The van der Waals surface area contributed by atoms with Crippen molar-refractivity contribution in [2.75, 3.05) is 0 Å². The molecule has 96 valence electrons. The van der Waals surface area contributed by atoms with Crippen LogP contribution in [0.1, 0.15) is 24.3 Å². The lowest BCUT2D eigenvalue weighted by Gasteiger charge is -2.05. The zero-order chi connectivity index (χ0) is 13.1. The fourth-order valence-electron chi connectivity index (χ4n) is 1.73. The minimum absolute atomic E-state index is 0.142. The molecule has 0 atom stereocenters. The van der Waals surface area contributed by atoms with Crippen molar-refractivity contribution in [2.45, 2.75) is 33.4 Å². The molecule has 0 saturated carbocycles. The van der Waals surface area contributed by atoms with Gasteiger partial charge in [0.25, 0.3) is 0 Å². The second kappa shape index (κ2) is 5.63. The summed E-state index contributed by atoms with van der Waals surface area (Å²) in [6, 6.07) is 10.0. The molecule has 1 heterocycles. The molecule has 0 aliphatic heterocycles. The van der Waals surface area contributed by atoms with Crippen LogP contribution in [0.3, 0.4) is 0 Å². The van der Waals surface area contributed by atoms with E-state index in [0.717, 1.165) is 12.1 Å². The van der Waals surface area contributed by atoms with Crippen molar-refractivity contribution in [1.82, 2.24) is 5.32 Å². The average molecular weight is 263 g/mol. The molecule has 1 aromatic heterocycles. The normalized spacial score (nSPS) is 11.2. The quantitative estimate of drug-likeness (QED) is 0.864. The Labute approximate surface area is 112 Å². The van der Waals surface area contributed by atoms with Gasteiger partial charge in [-0.05, 0) is 42.3 Å². The van der Waals surface area contributed by atoms with Gasteiger partial charge < -0.3 is 5.32 Å². The molecule has 0 amide bonds. The van der Waals surface area contributed by atoms with Crippen LogP contribution in [0, 0.1) is 12.7 Å². The number of thiophene rings is 1. The molecule has 1 nitrogen and oxygen atoms in total. The second-order valence-corrected chi connectivity index (χ2v) is 5.93. The molecule has 3 heteroatoms. The number of benzene rings is 1. The first kappa shape index (κ1) is 13.2. The predicted molar refractivity (Wildman–Crippen MR) is 76.4 cm³/mol. The Morgan fingerprint density at radius 2 is 2.00 bits per heavy atom. The van der Waals surface area contributed by atoms with Crippen LogP contribution >= 0.6 is 11.3 Å². The van der Waals surface area contributed by atoms with E-state index in [-0.39, 0.29) is 5.82 Å². The van der Waals surface area contributed by atoms with Gasteiger partial charge in [0.05, 0.1) is 0 Å². The summed E-state index contributed by atoms with van der Waals surface area (Å²) >= 11 is 1.76. The van der Waals surface area contributed by atoms with Gasteiger partial charge in [0, 0.05) is 22.3 Å². The summed E-state index contributed by atoms with van der Waals surface area (Å²) in [6.07, 6.45) is 0. The van der Waals surface area contributed by atoms with E-state index in [1.54, 1.807) is 18.3 Å². The maximum absolute atomic E-state index is 13.2. The minimum Gasteiger partial charge on any atom is -0.310 e. The van der Waals surface area contributed by atoms with E-state index in [2.05, 4.69) is 31.3 Å². The highest BCUT2D eigenvalue weighted by Crippen LogP contribution is 2.29. The maximum atomic E-state index is 13.2. The van der Waals surface area contributed by atoms with Crippen LogP contribution in [0.4, 0.5) is 4.39 Å². The van der Waals surface area contributed by atoms with Crippen molar-refractivity contribution < 1.29 is 4.39 Å². The van der Waals surface area contributed by atoms with Gasteiger partial charge in [-0.15, -0.1) is 11.3 Å². The van der Waals surface area contributed by atoms with E-state index in [4.69, 9.17) is 0 Å². The summed E-state index contributed by atoms with van der Waals surface area (Å²) in [5, 5.41) is 3.40. The summed E-state index contributed by atoms with van der Waals surface area (Å²) in [5.41, 5.74) is 1.79. The molecule has 0 radical (unpaired) electrons. The Balaban J connectivity index is 2.16. The van der Waals surface area contributed by atoms with E-state index in [1.807, 2.05) is 12.1 Å². The largest absolute Gasteiger partial charge is 0.310 e. The number of hydrogen-bond acceptors (Lipinski definition) is 2. The van der Waals surface area contributed by atoms with Gasteiger partial charge in [0.2, 0.25) is 0 Å². The minimum atomic E-state index is -0.142. The standard InChI is InChI=1S/C15H18FNS/c1-10(2)17-9-13-5-7-15(18-13)12-4-6-14(16)11(3)8-12/h4-8,10,17H,9H2,1-3H3. The topological polar surface area (TPSA) is 12.0 Å². The van der Waals surface area contributed by atoms with Crippen LogP contribution in [0.25, 0.3) is 10.4 Å². The van der Waals surface area contributed by atoms with E-state index in [9.17, 15) is 4.39 Å². The van der Waals surface area contributed by atoms with Crippen LogP contribution in [-0.2, 0) is 6.54 Å². The van der Waals surface area contributed by atoms with E-state index in [0.29, 0.717) is 11.6 Å². The van der Waals surface area contributed by atoms with Gasteiger partial charge >= 0.3 is 0 Å². The number of halogens is 1. The molecular formula is C15H18FNS. The van der Waals surface area contributed by atoms with Gasteiger partial charge in [0.15, 0.2) is 0 Å². The fourth-order valence-corrected chi connectivity index (χ4v) is 2.69. The summed E-state index contributed by atoms with van der Waals surface area (Å²) in [7, 11) is 0. The van der Waals surface area contributed by atoms with Crippen LogP contribution < -0.4 is 5.32 Å². The number of aryl methyl sites for hydroxylation is 1. The maximum Gasteiger partial charge on any atom is 0.126 e. The van der Waals surface area contributed by atoms with Gasteiger partial charge in [-0.25, -0.2) is 4.39 Å². The van der Waals surface area contributed by atoms with Crippen LogP contribution in [-0.4, -0.2) is 6.04 Å². The number of nitrogens with one attached hydrogen (secondary N) is 1. The lowest BCUT2D eigenvalue weighted by atomic mass is 10.1. The molecular weight excluding hydrogens is 245 g/mol. The van der Waals surface area contributed by atoms with Crippen molar-refractivity contribution in [3.8, 4) is 10.4 Å². The summed E-state index contributed by atoms with van der Waals surface area (Å²) in [6.45, 7) is 6.96. The predicted octanol–water partition coefficient (Wildman–Crippen LogP) is 4.36. The second-order valence-electron chi connectivity index (χ2n) is 4.77. The molecule has 1 aromatic carbocycles. The highest BCUT2D eigenvalue weighted by Gasteiger charge is 2.05. The third-order valence-electron chi connectivity index (χ3n) is 2.79. The average Bonchev–Trinajstić information content (AvgIpc) is 2.79. The lowest BCUT2D eigenvalue weighted by molar-refractivity contribution is 0.593.